The molecule has 0 aliphatic carbocycles. The van der Waals surface area contributed by atoms with Crippen molar-refractivity contribution >= 4 is 64.7 Å². The third-order valence-corrected chi connectivity index (χ3v) is 12.6. The van der Waals surface area contributed by atoms with Crippen molar-refractivity contribution in [2.75, 3.05) is 39.0 Å². The van der Waals surface area contributed by atoms with Gasteiger partial charge in [-0.15, -0.1) is 11.8 Å². The molecule has 5 heterocycles. The lowest BCUT2D eigenvalue weighted by Crippen LogP contribution is -2.72. The summed E-state index contributed by atoms with van der Waals surface area (Å²) in [4.78, 5) is 80.1. The van der Waals surface area contributed by atoms with Crippen LogP contribution in [0, 0.1) is 0 Å². The Morgan fingerprint density at radius 3 is 2.49 bits per heavy atom. The van der Waals surface area contributed by atoms with Gasteiger partial charge in [-0.2, -0.15) is 0 Å². The number of hydrogen-bond acceptors (Lipinski definition) is 13. The Balaban J connectivity index is 1.44. The average molecular weight is 835 g/mol. The highest BCUT2D eigenvalue weighted by Gasteiger charge is 2.63. The first-order valence-electron chi connectivity index (χ1n) is 18.5. The van der Waals surface area contributed by atoms with E-state index in [-0.39, 0.29) is 48.8 Å². The first-order chi connectivity index (χ1) is 26.7. The number of amides is 5. The molecule has 16 nitrogen and oxygen atoms in total. The lowest BCUT2D eigenvalue weighted by molar-refractivity contribution is -0.328. The van der Waals surface area contributed by atoms with Gasteiger partial charge in [0.2, 0.25) is 23.6 Å². The van der Waals surface area contributed by atoms with E-state index in [0.717, 1.165) is 11.1 Å². The van der Waals surface area contributed by atoms with E-state index in [1.54, 1.807) is 45.2 Å². The summed E-state index contributed by atoms with van der Waals surface area (Å²) in [6.45, 7) is 6.77. The average Bonchev–Trinajstić information content (AvgIpc) is 3.46. The van der Waals surface area contributed by atoms with Gasteiger partial charge in [-0.1, -0.05) is 35.4 Å². The Labute approximate surface area is 340 Å². The first kappa shape index (κ1) is 44.0. The second-order valence-corrected chi connectivity index (χ2v) is 17.1. The molecule has 0 aromatic heterocycles. The predicted molar refractivity (Wildman–Crippen MR) is 210 cm³/mol. The molecule has 0 saturated carbocycles. The second kappa shape index (κ2) is 17.4. The molecular weight excluding hydrogens is 784 g/mol. The molecule has 3 N–H and O–H groups in total. The molecule has 5 amide bonds. The fourth-order valence-electron chi connectivity index (χ4n) is 7.64. The first-order valence-corrected chi connectivity index (χ1v) is 20.0. The van der Waals surface area contributed by atoms with Crippen LogP contribution in [0.2, 0.25) is 5.02 Å². The number of alkyl carbamates (subject to hydrolysis) is 1. The summed E-state index contributed by atoms with van der Waals surface area (Å²) in [5.41, 5.74) is -2.34. The summed E-state index contributed by atoms with van der Waals surface area (Å²) in [5.74, 6) is -1.86. The van der Waals surface area contributed by atoms with Gasteiger partial charge in [-0.25, -0.2) is 9.59 Å². The Morgan fingerprint density at radius 2 is 1.86 bits per heavy atom. The van der Waals surface area contributed by atoms with Gasteiger partial charge in [0.25, 0.3) is 0 Å². The standard InChI is InChI=1S/C39H51ClN4O12S/c1-21-10-9-11-27(53-8)39(51)19-29(55-36(50)42-39)38(4)20-37(3,56-38)28(18-32(47)44(6)24-15-23(14-21)16-25(52-7)33(24)40)54-35(49)22(2)43(5)31(46)12-13-57-26-17-30(45)41-34(26)48/h9-11,15-16,22,26-29,51H,12-14,17-20H2,1-8H3,(H,42,50)(H,41,45,48)/b11-9+,21-10+/t22-,26?,27+,28-,29-,37-,38?,39-/m0/s1. The van der Waals surface area contributed by atoms with E-state index in [1.807, 2.05) is 13.0 Å². The number of allylic oxidation sites excluding steroid dienone is 3. The number of hydrogen-bond donors (Lipinski definition) is 3. The summed E-state index contributed by atoms with van der Waals surface area (Å²) in [6, 6.07) is 2.45. The Bertz CT molecular complexity index is 1850. The van der Waals surface area contributed by atoms with Crippen LogP contribution in [0.1, 0.15) is 65.4 Å². The van der Waals surface area contributed by atoms with Gasteiger partial charge in [0, 0.05) is 52.6 Å². The number of carbonyl (C=O) groups excluding carboxylic acids is 6. The monoisotopic (exact) mass is 834 g/mol. The Morgan fingerprint density at radius 1 is 1.16 bits per heavy atom. The SMILES string of the molecule is COc1cc2cc(c1Cl)N(C)C(=O)C[C@H](OC(=O)[C@H](C)N(C)C(=O)CCSC1CC(=O)NC1=O)[C@]1(C)CC(C)(O1)[C@@H]1C[C@@](O)(NC(=O)O1)[C@H](OC)/C=C/C=C(\C)C2. The fraction of sp³-hybridized carbons (Fsp3) is 0.590. The molecule has 1 aromatic carbocycles. The Kier molecular flexibility index (Phi) is 13.4. The number of nitrogens with one attached hydrogen (secondary N) is 2. The number of aliphatic hydroxyl groups is 1. The molecule has 0 spiro atoms. The zero-order valence-corrected chi connectivity index (χ0v) is 34.9. The third kappa shape index (κ3) is 9.60. The highest BCUT2D eigenvalue weighted by Crippen LogP contribution is 2.50. The van der Waals surface area contributed by atoms with Crippen molar-refractivity contribution < 1.29 is 57.6 Å². The number of fused-ring (bicyclic) bond motifs is 6. The minimum absolute atomic E-state index is 0.0116. The number of halogens is 1. The molecule has 6 bridgehead atoms. The van der Waals surface area contributed by atoms with Gasteiger partial charge in [0.05, 0.1) is 24.5 Å². The van der Waals surface area contributed by atoms with Crippen molar-refractivity contribution in [1.82, 2.24) is 15.5 Å². The maximum atomic E-state index is 14.2. The molecule has 3 saturated heterocycles. The van der Waals surface area contributed by atoms with E-state index in [1.165, 1.54) is 49.8 Å². The van der Waals surface area contributed by atoms with Gasteiger partial charge in [0.15, 0.2) is 5.72 Å². The number of benzene rings is 1. The molecule has 1 aromatic rings. The van der Waals surface area contributed by atoms with Crippen molar-refractivity contribution in [3.63, 3.8) is 0 Å². The minimum atomic E-state index is -1.89. The molecule has 0 radical (unpaired) electrons. The second-order valence-electron chi connectivity index (χ2n) is 15.4. The van der Waals surface area contributed by atoms with Crippen molar-refractivity contribution in [2.24, 2.45) is 0 Å². The molecule has 312 valence electrons. The highest BCUT2D eigenvalue weighted by atomic mass is 35.5. The summed E-state index contributed by atoms with van der Waals surface area (Å²) in [7, 11) is 5.87. The lowest BCUT2D eigenvalue weighted by Gasteiger charge is -2.59. The van der Waals surface area contributed by atoms with Gasteiger partial charge >= 0.3 is 12.1 Å². The van der Waals surface area contributed by atoms with Crippen LogP contribution in [0.5, 0.6) is 5.75 Å². The molecule has 5 aliphatic heterocycles. The van der Waals surface area contributed by atoms with Crippen LogP contribution >= 0.6 is 23.4 Å². The van der Waals surface area contributed by atoms with Gasteiger partial charge in [-0.05, 0) is 51.8 Å². The molecule has 5 aliphatic rings. The number of imide groups is 1. The third-order valence-electron chi connectivity index (χ3n) is 11.0. The number of anilines is 1. The number of esters is 1. The highest BCUT2D eigenvalue weighted by molar-refractivity contribution is 8.00. The number of likely N-dealkylation sites (N-methyl/N-ethyl adjacent to an activating group) is 1. The quantitative estimate of drug-likeness (QED) is 0.242. The fourth-order valence-corrected chi connectivity index (χ4v) is 9.01. The molecular formula is C39H51ClN4O12S. The number of methoxy groups -OCH3 is 2. The zero-order chi connectivity index (χ0) is 42.0. The normalized spacial score (nSPS) is 32.5. The topological polar surface area (TPSA) is 199 Å². The summed E-state index contributed by atoms with van der Waals surface area (Å²) < 4.78 is 29.4. The van der Waals surface area contributed by atoms with Crippen LogP contribution in [0.15, 0.2) is 35.9 Å². The molecule has 6 rings (SSSR count). The van der Waals surface area contributed by atoms with E-state index >= 15 is 0 Å². The largest absolute Gasteiger partial charge is 0.495 e. The Hall–Kier alpha value is -4.16. The number of thioether (sulfide) groups is 1. The van der Waals surface area contributed by atoms with E-state index in [4.69, 9.17) is 35.3 Å². The van der Waals surface area contributed by atoms with Crippen LogP contribution in [0.3, 0.4) is 0 Å². The van der Waals surface area contributed by atoms with Gasteiger partial charge < -0.3 is 38.6 Å². The van der Waals surface area contributed by atoms with Crippen LogP contribution in [0.25, 0.3) is 0 Å². The molecule has 2 unspecified atom stereocenters. The van der Waals surface area contributed by atoms with Gasteiger partial charge in [0.1, 0.15) is 46.3 Å². The zero-order valence-electron chi connectivity index (χ0n) is 33.3. The summed E-state index contributed by atoms with van der Waals surface area (Å²) in [5, 5.41) is 16.1. The number of nitrogens with zero attached hydrogens (tertiary/aromatic N) is 2. The van der Waals surface area contributed by atoms with Gasteiger partial charge in [-0.3, -0.25) is 29.8 Å². The van der Waals surface area contributed by atoms with Crippen LogP contribution in [0.4, 0.5) is 10.5 Å². The lowest BCUT2D eigenvalue weighted by atomic mass is 9.72. The van der Waals surface area contributed by atoms with Crippen LogP contribution in [-0.4, -0.2) is 126 Å². The smallest absolute Gasteiger partial charge is 0.409 e. The van der Waals surface area contributed by atoms with Crippen molar-refractivity contribution in [1.29, 1.82) is 0 Å². The molecule has 57 heavy (non-hydrogen) atoms. The number of rotatable bonds is 9. The van der Waals surface area contributed by atoms with E-state index < -0.39 is 76.3 Å². The maximum absolute atomic E-state index is 14.2. The van der Waals surface area contributed by atoms with E-state index in [0.29, 0.717) is 17.9 Å². The van der Waals surface area contributed by atoms with Crippen molar-refractivity contribution in [2.45, 2.75) is 113 Å². The number of carbonyl (C=O) groups is 6. The van der Waals surface area contributed by atoms with Crippen LogP contribution in [-0.2, 0) is 49.3 Å². The predicted octanol–water partition coefficient (Wildman–Crippen LogP) is 3.20. The van der Waals surface area contributed by atoms with Crippen molar-refractivity contribution in [3.8, 4) is 5.75 Å². The summed E-state index contributed by atoms with van der Waals surface area (Å²) >= 11 is 7.94. The van der Waals surface area contributed by atoms with E-state index in [2.05, 4.69) is 10.6 Å². The van der Waals surface area contributed by atoms with E-state index in [9.17, 15) is 33.9 Å². The maximum Gasteiger partial charge on any atom is 0.409 e. The number of ether oxygens (including phenoxy) is 5. The molecule has 18 heteroatoms. The molecule has 8 atom stereocenters. The summed E-state index contributed by atoms with van der Waals surface area (Å²) in [6.07, 6.45) is 1.21. The minimum Gasteiger partial charge on any atom is -0.495 e. The van der Waals surface area contributed by atoms with Crippen LogP contribution < -0.4 is 20.3 Å². The van der Waals surface area contributed by atoms with Crippen molar-refractivity contribution in [3.05, 3.63) is 46.5 Å². The molecule has 3 fully saturated rings.